The molecule has 0 spiro atoms. The van der Waals surface area contributed by atoms with Crippen molar-refractivity contribution in [2.75, 3.05) is 0 Å². The van der Waals surface area contributed by atoms with E-state index in [1.54, 1.807) is 0 Å². The molecule has 1 heterocycles. The number of fused-ring (bicyclic) bond motifs is 6. The fourth-order valence-corrected chi connectivity index (χ4v) is 4.88. The molecule has 0 saturated heterocycles. The summed E-state index contributed by atoms with van der Waals surface area (Å²) in [5, 5.41) is 2.36. The van der Waals surface area contributed by atoms with Crippen molar-refractivity contribution in [3.63, 3.8) is 0 Å². The highest BCUT2D eigenvalue weighted by Crippen LogP contribution is 2.53. The third-order valence-corrected chi connectivity index (χ3v) is 6.16. The SMILES string of the molecule is CC1(c2cccc3c2oc2ccccc23)c2ccccc2-c2ccccc21. The fraction of sp³-hybridized carbons (Fsp3) is 0.0769. The van der Waals surface area contributed by atoms with Gasteiger partial charge in [-0.1, -0.05) is 84.9 Å². The third-order valence-electron chi connectivity index (χ3n) is 6.16. The van der Waals surface area contributed by atoms with Gasteiger partial charge in [-0.3, -0.25) is 0 Å². The van der Waals surface area contributed by atoms with Crippen LogP contribution in [-0.2, 0) is 5.41 Å². The highest BCUT2D eigenvalue weighted by molar-refractivity contribution is 6.06. The molecule has 1 aliphatic carbocycles. The zero-order valence-corrected chi connectivity index (χ0v) is 15.1. The Hall–Kier alpha value is -3.32. The molecular formula is C26H18O. The first kappa shape index (κ1) is 14.8. The van der Waals surface area contributed by atoms with E-state index >= 15 is 0 Å². The Morgan fingerprint density at radius 3 is 1.85 bits per heavy atom. The predicted octanol–water partition coefficient (Wildman–Crippen LogP) is 6.92. The van der Waals surface area contributed by atoms with Gasteiger partial charge in [-0.05, 0) is 35.2 Å². The molecule has 0 saturated carbocycles. The quantitative estimate of drug-likeness (QED) is 0.321. The Morgan fingerprint density at radius 2 is 1.11 bits per heavy atom. The molecule has 0 atom stereocenters. The minimum atomic E-state index is -0.236. The van der Waals surface area contributed by atoms with Gasteiger partial charge >= 0.3 is 0 Å². The Bertz CT molecular complexity index is 1290. The summed E-state index contributed by atoms with van der Waals surface area (Å²) in [6.45, 7) is 2.33. The van der Waals surface area contributed by atoms with E-state index in [0.717, 1.165) is 11.2 Å². The van der Waals surface area contributed by atoms with Gasteiger partial charge in [0, 0.05) is 21.8 Å². The van der Waals surface area contributed by atoms with Crippen LogP contribution >= 0.6 is 0 Å². The van der Waals surface area contributed by atoms with E-state index in [2.05, 4.69) is 91.9 Å². The first-order valence-electron chi connectivity index (χ1n) is 9.38. The van der Waals surface area contributed by atoms with Gasteiger partial charge in [-0.25, -0.2) is 0 Å². The van der Waals surface area contributed by atoms with Gasteiger partial charge in [0.1, 0.15) is 11.2 Å². The molecule has 0 N–H and O–H groups in total. The van der Waals surface area contributed by atoms with Crippen LogP contribution in [0.3, 0.4) is 0 Å². The molecule has 27 heavy (non-hydrogen) atoms. The van der Waals surface area contributed by atoms with E-state index in [9.17, 15) is 0 Å². The van der Waals surface area contributed by atoms with Crippen molar-refractivity contribution in [1.82, 2.24) is 0 Å². The molecule has 1 aliphatic rings. The van der Waals surface area contributed by atoms with Crippen molar-refractivity contribution in [1.29, 1.82) is 0 Å². The Kier molecular flexibility index (Phi) is 2.80. The number of furan rings is 1. The van der Waals surface area contributed by atoms with Gasteiger partial charge in [0.25, 0.3) is 0 Å². The van der Waals surface area contributed by atoms with E-state index in [0.29, 0.717) is 0 Å². The lowest BCUT2D eigenvalue weighted by Crippen LogP contribution is -2.22. The van der Waals surface area contributed by atoms with E-state index in [1.165, 1.54) is 38.6 Å². The van der Waals surface area contributed by atoms with Crippen LogP contribution < -0.4 is 0 Å². The van der Waals surface area contributed by atoms with E-state index in [1.807, 2.05) is 6.07 Å². The van der Waals surface area contributed by atoms with Crippen LogP contribution in [-0.4, -0.2) is 0 Å². The summed E-state index contributed by atoms with van der Waals surface area (Å²) in [5.74, 6) is 0. The van der Waals surface area contributed by atoms with E-state index in [4.69, 9.17) is 4.42 Å². The maximum Gasteiger partial charge on any atom is 0.139 e. The lowest BCUT2D eigenvalue weighted by atomic mass is 9.74. The van der Waals surface area contributed by atoms with Crippen LogP contribution in [0.2, 0.25) is 0 Å². The van der Waals surface area contributed by atoms with Crippen LogP contribution in [0.1, 0.15) is 23.6 Å². The van der Waals surface area contributed by atoms with Gasteiger partial charge in [-0.2, -0.15) is 0 Å². The summed E-state index contributed by atoms with van der Waals surface area (Å²) >= 11 is 0. The van der Waals surface area contributed by atoms with Crippen LogP contribution in [0.4, 0.5) is 0 Å². The molecule has 5 aromatic rings. The second kappa shape index (κ2) is 5.11. The van der Waals surface area contributed by atoms with Gasteiger partial charge < -0.3 is 4.42 Å². The number of para-hydroxylation sites is 2. The normalized spacial score (nSPS) is 14.4. The lowest BCUT2D eigenvalue weighted by molar-refractivity contribution is 0.638. The van der Waals surface area contributed by atoms with Crippen LogP contribution in [0.25, 0.3) is 33.1 Å². The minimum absolute atomic E-state index is 0.236. The predicted molar refractivity (Wildman–Crippen MR) is 111 cm³/mol. The molecule has 128 valence electrons. The minimum Gasteiger partial charge on any atom is -0.456 e. The zero-order valence-electron chi connectivity index (χ0n) is 15.1. The molecule has 0 fully saturated rings. The standard InChI is InChI=1S/C26H18O/c1-26(21-13-5-2-9-17(21)18-10-3-6-14-22(18)26)23-15-8-12-20-19-11-4-7-16-24(19)27-25(20)23/h2-16H,1H3. The highest BCUT2D eigenvalue weighted by atomic mass is 16.3. The largest absolute Gasteiger partial charge is 0.456 e. The molecule has 0 aliphatic heterocycles. The van der Waals surface area contributed by atoms with Gasteiger partial charge in [-0.15, -0.1) is 0 Å². The average Bonchev–Trinajstić information content (AvgIpc) is 3.23. The average molecular weight is 346 g/mol. The molecular weight excluding hydrogens is 328 g/mol. The van der Waals surface area contributed by atoms with Crippen molar-refractivity contribution >= 4 is 21.9 Å². The van der Waals surface area contributed by atoms with Crippen molar-refractivity contribution in [2.24, 2.45) is 0 Å². The highest BCUT2D eigenvalue weighted by Gasteiger charge is 2.42. The summed E-state index contributed by atoms with van der Waals surface area (Å²) < 4.78 is 6.39. The maximum absolute atomic E-state index is 6.39. The number of benzene rings is 4. The van der Waals surface area contributed by atoms with Gasteiger partial charge in [0.15, 0.2) is 0 Å². The topological polar surface area (TPSA) is 13.1 Å². The third kappa shape index (κ3) is 1.79. The lowest BCUT2D eigenvalue weighted by Gasteiger charge is -2.28. The number of hydrogen-bond acceptors (Lipinski definition) is 1. The molecule has 4 aromatic carbocycles. The molecule has 0 bridgehead atoms. The van der Waals surface area contributed by atoms with E-state index in [-0.39, 0.29) is 5.41 Å². The molecule has 1 aromatic heterocycles. The Morgan fingerprint density at radius 1 is 0.556 bits per heavy atom. The first-order valence-corrected chi connectivity index (χ1v) is 9.38. The molecule has 6 rings (SSSR count). The van der Waals surface area contributed by atoms with Crippen LogP contribution in [0, 0.1) is 0 Å². The van der Waals surface area contributed by atoms with E-state index < -0.39 is 0 Å². The second-order valence-corrected chi connectivity index (χ2v) is 7.50. The number of rotatable bonds is 1. The fourth-order valence-electron chi connectivity index (χ4n) is 4.88. The van der Waals surface area contributed by atoms with Gasteiger partial charge in [0.2, 0.25) is 0 Å². The van der Waals surface area contributed by atoms with Crippen LogP contribution in [0.5, 0.6) is 0 Å². The smallest absolute Gasteiger partial charge is 0.139 e. The van der Waals surface area contributed by atoms with Gasteiger partial charge in [0.05, 0.1) is 0 Å². The first-order chi connectivity index (χ1) is 13.3. The number of hydrogen-bond donors (Lipinski definition) is 0. The van der Waals surface area contributed by atoms with Crippen molar-refractivity contribution in [2.45, 2.75) is 12.3 Å². The van der Waals surface area contributed by atoms with Crippen molar-refractivity contribution in [3.8, 4) is 11.1 Å². The molecule has 1 heteroatoms. The second-order valence-electron chi connectivity index (χ2n) is 7.50. The molecule has 0 radical (unpaired) electrons. The zero-order chi connectivity index (χ0) is 18.0. The molecule has 0 unspecified atom stereocenters. The summed E-state index contributed by atoms with van der Waals surface area (Å²) in [6, 6.07) is 32.4. The Labute approximate surface area is 157 Å². The van der Waals surface area contributed by atoms with Crippen LogP contribution in [0.15, 0.2) is 95.4 Å². The summed E-state index contributed by atoms with van der Waals surface area (Å²) in [6.07, 6.45) is 0. The summed E-state index contributed by atoms with van der Waals surface area (Å²) in [4.78, 5) is 0. The summed E-state index contributed by atoms with van der Waals surface area (Å²) in [5.41, 5.74) is 8.27. The maximum atomic E-state index is 6.39. The molecule has 0 amide bonds. The van der Waals surface area contributed by atoms with Crippen molar-refractivity contribution in [3.05, 3.63) is 108 Å². The van der Waals surface area contributed by atoms with Crippen molar-refractivity contribution < 1.29 is 4.42 Å². The Balaban J connectivity index is 1.77. The summed E-state index contributed by atoms with van der Waals surface area (Å²) in [7, 11) is 0. The monoisotopic (exact) mass is 346 g/mol. The molecule has 1 nitrogen and oxygen atoms in total.